The molecule has 8 heteroatoms. The van der Waals surface area contributed by atoms with Crippen LogP contribution in [0.15, 0.2) is 24.3 Å². The molecular formula is C23H29F2N4O2+. The first-order valence-electron chi connectivity index (χ1n) is 10.9. The highest BCUT2D eigenvalue weighted by atomic mass is 19.3. The predicted octanol–water partition coefficient (Wildman–Crippen LogP) is 1.51. The fourth-order valence-electron chi connectivity index (χ4n) is 5.01. The molecule has 6 nitrogen and oxygen atoms in total. The van der Waals surface area contributed by atoms with Crippen LogP contribution in [0.1, 0.15) is 56.6 Å². The maximum Gasteiger partial charge on any atom is 0.318 e. The number of nitrogens with one attached hydrogen (secondary N) is 3. The van der Waals surface area contributed by atoms with Crippen molar-refractivity contribution in [1.29, 1.82) is 0 Å². The first kappa shape index (κ1) is 21.5. The van der Waals surface area contributed by atoms with Crippen molar-refractivity contribution in [2.75, 3.05) is 13.1 Å². The summed E-state index contributed by atoms with van der Waals surface area (Å²) in [6.45, 7) is 1.78. The van der Waals surface area contributed by atoms with Crippen molar-refractivity contribution >= 4 is 11.9 Å². The Balaban J connectivity index is 1.46. The molecule has 1 aliphatic heterocycles. The van der Waals surface area contributed by atoms with Crippen LogP contribution in [0.4, 0.5) is 13.6 Å². The van der Waals surface area contributed by atoms with E-state index < -0.39 is 35.9 Å². The predicted molar refractivity (Wildman–Crippen MR) is 110 cm³/mol. The highest BCUT2D eigenvalue weighted by Crippen LogP contribution is 2.44. The Bertz CT molecular complexity index is 919. The van der Waals surface area contributed by atoms with Crippen LogP contribution < -0.4 is 15.9 Å². The summed E-state index contributed by atoms with van der Waals surface area (Å²) in [6, 6.07) is 8.72. The van der Waals surface area contributed by atoms with Gasteiger partial charge in [-0.25, -0.2) is 13.6 Å². The van der Waals surface area contributed by atoms with Crippen LogP contribution in [-0.4, -0.2) is 47.4 Å². The summed E-state index contributed by atoms with van der Waals surface area (Å²) in [6.07, 6.45) is 4.22. The van der Waals surface area contributed by atoms with Gasteiger partial charge in [-0.1, -0.05) is 29.5 Å². The van der Waals surface area contributed by atoms with Crippen LogP contribution in [0.3, 0.4) is 0 Å². The Hall–Kier alpha value is -2.69. The van der Waals surface area contributed by atoms with E-state index in [1.54, 1.807) is 4.90 Å². The van der Waals surface area contributed by atoms with Crippen LogP contribution in [-0.2, 0) is 16.6 Å². The molecule has 4 rings (SSSR count). The Morgan fingerprint density at radius 3 is 2.68 bits per heavy atom. The maximum absolute atomic E-state index is 13.7. The summed E-state index contributed by atoms with van der Waals surface area (Å²) in [5.41, 5.74) is 1.62. The van der Waals surface area contributed by atoms with E-state index in [2.05, 4.69) is 28.8 Å². The van der Waals surface area contributed by atoms with Gasteiger partial charge in [0.2, 0.25) is 11.8 Å². The average Bonchev–Trinajstić information content (AvgIpc) is 3.37. The van der Waals surface area contributed by atoms with E-state index in [9.17, 15) is 18.4 Å². The van der Waals surface area contributed by atoms with Crippen molar-refractivity contribution in [3.63, 3.8) is 0 Å². The molecule has 1 heterocycles. The van der Waals surface area contributed by atoms with Gasteiger partial charge in [-0.15, -0.1) is 0 Å². The third-order valence-corrected chi connectivity index (χ3v) is 6.86. The number of amides is 3. The number of rotatable bonds is 5. The summed E-state index contributed by atoms with van der Waals surface area (Å²) in [5, 5.41) is 12.5. The van der Waals surface area contributed by atoms with Crippen molar-refractivity contribution in [2.24, 2.45) is 0 Å². The van der Waals surface area contributed by atoms with Crippen LogP contribution in [0.2, 0.25) is 0 Å². The first-order chi connectivity index (χ1) is 14.7. The Morgan fingerprint density at radius 1 is 1.26 bits per heavy atom. The molecule has 0 radical (unpaired) electrons. The minimum atomic E-state index is -3.12. The number of carbonyl (C=O) groups is 2. The molecule has 0 bridgehead atoms. The quantitative estimate of drug-likeness (QED) is 0.660. The van der Waals surface area contributed by atoms with E-state index in [-0.39, 0.29) is 5.41 Å². The van der Waals surface area contributed by atoms with Gasteiger partial charge in [-0.05, 0) is 56.6 Å². The van der Waals surface area contributed by atoms with Crippen LogP contribution in [0, 0.1) is 6.07 Å². The Labute approximate surface area is 181 Å². The molecule has 1 unspecified atom stereocenters. The largest absolute Gasteiger partial charge is 0.333 e. The SMILES string of the molecule is CC(F)(F)C[C@H](NC(=O)N1CCC2(CCCc3ccccc32)C1)C(=O)NC1(C#[NH+])CC1. The number of alkyl halides is 2. The Morgan fingerprint density at radius 2 is 2.00 bits per heavy atom. The molecule has 3 aliphatic rings. The van der Waals surface area contributed by atoms with E-state index >= 15 is 0 Å². The maximum atomic E-state index is 13.7. The van der Waals surface area contributed by atoms with Crippen LogP contribution >= 0.6 is 0 Å². The number of hydrogen-bond acceptors (Lipinski definition) is 2. The zero-order chi connectivity index (χ0) is 22.3. The summed E-state index contributed by atoms with van der Waals surface area (Å²) in [7, 11) is 0. The fraction of sp³-hybridized carbons (Fsp3) is 0.609. The number of carbonyl (C=O) groups excluding carboxylic acids is 2. The van der Waals surface area contributed by atoms with E-state index in [0.717, 1.165) is 32.6 Å². The molecule has 31 heavy (non-hydrogen) atoms. The van der Waals surface area contributed by atoms with Gasteiger partial charge in [0.1, 0.15) is 6.04 Å². The number of urea groups is 1. The fourth-order valence-corrected chi connectivity index (χ4v) is 5.01. The number of fused-ring (bicyclic) bond motifs is 2. The molecule has 2 atom stereocenters. The second-order valence-corrected chi connectivity index (χ2v) is 9.44. The normalized spacial score (nSPS) is 24.8. The summed E-state index contributed by atoms with van der Waals surface area (Å²) in [4.78, 5) is 27.3. The summed E-state index contributed by atoms with van der Waals surface area (Å²) < 4.78 is 27.5. The molecule has 0 aromatic heterocycles. The second kappa shape index (κ2) is 7.77. The topological polar surface area (TPSA) is 85.2 Å². The van der Waals surface area contributed by atoms with Crippen molar-refractivity contribution in [3.8, 4) is 6.07 Å². The average molecular weight is 432 g/mol. The Kier molecular flexibility index (Phi) is 5.40. The standard InChI is InChI=1S/C23H28F2N4O2/c1-21(24,25)13-18(19(30)28-23(14-26)9-10-23)27-20(31)29-12-11-22(15-29)8-4-6-16-5-2-3-7-17(16)22/h2-3,5,7,18H,4,6,8-13,15H2,1H3,(H,27,31)(H,28,30)/p+1/t18-,22?/m0/s1. The molecular weight excluding hydrogens is 402 g/mol. The summed E-state index contributed by atoms with van der Waals surface area (Å²) >= 11 is 0. The summed E-state index contributed by atoms with van der Waals surface area (Å²) in [5.74, 6) is -3.81. The number of likely N-dealkylation sites (tertiary alicyclic amines) is 1. The molecule has 3 N–H and O–H groups in total. The lowest BCUT2D eigenvalue weighted by Crippen LogP contribution is -2.55. The number of nitrogens with zero attached hydrogens (tertiary/aromatic N) is 1. The minimum Gasteiger partial charge on any atom is -0.333 e. The zero-order valence-corrected chi connectivity index (χ0v) is 17.8. The van der Waals surface area contributed by atoms with Crippen molar-refractivity contribution in [2.45, 2.75) is 74.8 Å². The lowest BCUT2D eigenvalue weighted by atomic mass is 9.69. The van der Waals surface area contributed by atoms with Gasteiger partial charge in [0, 0.05) is 24.9 Å². The number of halogens is 2. The van der Waals surface area contributed by atoms with Crippen molar-refractivity contribution < 1.29 is 23.6 Å². The smallest absolute Gasteiger partial charge is 0.318 e. The molecule has 2 fully saturated rings. The molecule has 1 aromatic carbocycles. The lowest BCUT2D eigenvalue weighted by Gasteiger charge is -2.36. The lowest BCUT2D eigenvalue weighted by molar-refractivity contribution is -0.127. The van der Waals surface area contributed by atoms with Gasteiger partial charge in [-0.3, -0.25) is 4.79 Å². The number of benzene rings is 1. The van der Waals surface area contributed by atoms with Gasteiger partial charge in [0.05, 0.1) is 0 Å². The second-order valence-electron chi connectivity index (χ2n) is 9.44. The zero-order valence-electron chi connectivity index (χ0n) is 17.8. The molecule has 1 spiro atoms. The highest BCUT2D eigenvalue weighted by molar-refractivity contribution is 5.88. The monoisotopic (exact) mass is 431 g/mol. The number of hydrogen-bond donors (Lipinski definition) is 3. The van der Waals surface area contributed by atoms with Crippen LogP contribution in [0.25, 0.3) is 0 Å². The third-order valence-electron chi connectivity index (χ3n) is 6.86. The van der Waals surface area contributed by atoms with Gasteiger partial charge < -0.3 is 15.5 Å². The van der Waals surface area contributed by atoms with Crippen LogP contribution in [0.5, 0.6) is 0 Å². The minimum absolute atomic E-state index is 0.105. The molecule has 1 aromatic rings. The van der Waals surface area contributed by atoms with E-state index in [1.807, 2.05) is 12.1 Å². The third kappa shape index (κ3) is 4.51. The molecule has 3 amide bonds. The molecule has 1 saturated carbocycles. The van der Waals surface area contributed by atoms with Crippen molar-refractivity contribution in [3.05, 3.63) is 35.4 Å². The molecule has 1 saturated heterocycles. The molecule has 166 valence electrons. The van der Waals surface area contributed by atoms with Gasteiger partial charge in [-0.2, -0.15) is 0 Å². The van der Waals surface area contributed by atoms with E-state index in [4.69, 9.17) is 5.26 Å². The van der Waals surface area contributed by atoms with Crippen molar-refractivity contribution in [1.82, 2.24) is 15.5 Å². The van der Waals surface area contributed by atoms with E-state index in [0.29, 0.717) is 25.9 Å². The highest BCUT2D eigenvalue weighted by Gasteiger charge is 2.50. The first-order valence-corrected chi connectivity index (χ1v) is 10.9. The van der Waals surface area contributed by atoms with Gasteiger partial charge >= 0.3 is 6.03 Å². The van der Waals surface area contributed by atoms with Gasteiger partial charge in [0.15, 0.2) is 5.54 Å². The van der Waals surface area contributed by atoms with E-state index in [1.165, 1.54) is 11.1 Å². The van der Waals surface area contributed by atoms with Gasteiger partial charge in [0.25, 0.3) is 6.07 Å². The molecule has 2 aliphatic carbocycles. The number of aryl methyl sites for hydroxylation is 1.